The minimum atomic E-state index is -3.57. The normalized spacial score (nSPS) is 15.4. The van der Waals surface area contributed by atoms with E-state index in [1.165, 1.54) is 44.6 Å². The number of amides is 1. The summed E-state index contributed by atoms with van der Waals surface area (Å²) in [4.78, 5) is 15.6. The van der Waals surface area contributed by atoms with Crippen molar-refractivity contribution in [1.29, 1.82) is 0 Å². The molecule has 7 nitrogen and oxygen atoms in total. The number of carbonyl (C=O) groups excluding carboxylic acids is 1. The first kappa shape index (κ1) is 21.9. The number of rotatable bonds is 4. The molecule has 2 aromatic heterocycles. The van der Waals surface area contributed by atoms with Gasteiger partial charge in [0.1, 0.15) is 15.2 Å². The molecular weight excluding hydrogens is 463 g/mol. The minimum absolute atomic E-state index is 0.137. The molecule has 3 heterocycles. The number of piperazine rings is 1. The fourth-order valence-corrected chi connectivity index (χ4v) is 6.68. The fourth-order valence-electron chi connectivity index (χ4n) is 3.46. The molecule has 0 bridgehead atoms. The highest BCUT2D eigenvalue weighted by atomic mass is 35.5. The Bertz CT molecular complexity index is 1230. The Balaban J connectivity index is 1.51. The maximum atomic E-state index is 13.2. The van der Waals surface area contributed by atoms with Crippen LogP contribution in [0.4, 0.5) is 4.39 Å². The number of aromatic nitrogens is 2. The van der Waals surface area contributed by atoms with Gasteiger partial charge in [-0.15, -0.1) is 11.3 Å². The lowest BCUT2D eigenvalue weighted by molar-refractivity contribution is 0.0697. The molecule has 0 atom stereocenters. The molecule has 3 aromatic rings. The molecule has 31 heavy (non-hydrogen) atoms. The van der Waals surface area contributed by atoms with Crippen molar-refractivity contribution in [2.24, 2.45) is 0 Å². The molecule has 1 saturated heterocycles. The van der Waals surface area contributed by atoms with E-state index in [1.807, 2.05) is 6.92 Å². The second kappa shape index (κ2) is 8.34. The summed E-state index contributed by atoms with van der Waals surface area (Å²) in [5.41, 5.74) is 1.25. The van der Waals surface area contributed by atoms with E-state index in [0.717, 1.165) is 4.88 Å². The Morgan fingerprint density at radius 3 is 2.29 bits per heavy atom. The summed E-state index contributed by atoms with van der Waals surface area (Å²) >= 11 is 7.69. The summed E-state index contributed by atoms with van der Waals surface area (Å²) in [5, 5.41) is 4.47. The van der Waals surface area contributed by atoms with Gasteiger partial charge < -0.3 is 4.90 Å². The monoisotopic (exact) mass is 482 g/mol. The average Bonchev–Trinajstić information content (AvgIpc) is 3.31. The largest absolute Gasteiger partial charge is 0.336 e. The minimum Gasteiger partial charge on any atom is -0.336 e. The van der Waals surface area contributed by atoms with Gasteiger partial charge in [0.25, 0.3) is 15.9 Å². The molecular formula is C20H20ClFN4O3S2. The van der Waals surface area contributed by atoms with Crippen molar-refractivity contribution < 1.29 is 17.6 Å². The van der Waals surface area contributed by atoms with Gasteiger partial charge in [0.2, 0.25) is 0 Å². The number of nitrogens with zero attached hydrogens (tertiary/aromatic N) is 4. The zero-order valence-corrected chi connectivity index (χ0v) is 19.3. The van der Waals surface area contributed by atoms with Gasteiger partial charge in [-0.2, -0.15) is 9.40 Å². The van der Waals surface area contributed by atoms with E-state index in [9.17, 15) is 17.6 Å². The second-order valence-electron chi connectivity index (χ2n) is 7.20. The lowest BCUT2D eigenvalue weighted by Gasteiger charge is -2.33. The van der Waals surface area contributed by atoms with E-state index in [-0.39, 0.29) is 48.6 Å². The zero-order chi connectivity index (χ0) is 22.3. The first-order chi connectivity index (χ1) is 14.7. The third-order valence-corrected chi connectivity index (χ3v) is 8.84. The van der Waals surface area contributed by atoms with Gasteiger partial charge in [0.05, 0.1) is 16.9 Å². The Kier molecular flexibility index (Phi) is 5.91. The molecule has 0 saturated carbocycles. The van der Waals surface area contributed by atoms with Crippen LogP contribution in [0.2, 0.25) is 5.15 Å². The van der Waals surface area contributed by atoms with Crippen molar-refractivity contribution in [3.8, 4) is 5.69 Å². The van der Waals surface area contributed by atoms with E-state index < -0.39 is 10.0 Å². The fraction of sp³-hybridized carbons (Fsp3) is 0.300. The van der Waals surface area contributed by atoms with Crippen molar-refractivity contribution in [3.05, 3.63) is 63.5 Å². The summed E-state index contributed by atoms with van der Waals surface area (Å²) in [6, 6.07) is 9.02. The van der Waals surface area contributed by atoms with Crippen LogP contribution in [0.25, 0.3) is 5.69 Å². The smallest absolute Gasteiger partial charge is 0.259 e. The molecule has 11 heteroatoms. The number of carbonyl (C=O) groups is 1. The van der Waals surface area contributed by atoms with Crippen molar-refractivity contribution in [2.75, 3.05) is 26.2 Å². The number of benzene rings is 1. The SMILES string of the molecule is Cc1ccc(S(=O)(=O)N2CCN(C(=O)c3c(C)nn(-c4ccc(F)cc4)c3Cl)CC2)s1. The topological polar surface area (TPSA) is 75.5 Å². The maximum absolute atomic E-state index is 13.2. The second-order valence-corrected chi connectivity index (χ2v) is 11.0. The quantitative estimate of drug-likeness (QED) is 0.570. The Labute approximate surface area is 188 Å². The number of hydrogen-bond donors (Lipinski definition) is 0. The molecule has 0 N–H and O–H groups in total. The number of halogens is 2. The predicted octanol–water partition coefficient (Wildman–Crippen LogP) is 3.49. The molecule has 1 aliphatic rings. The van der Waals surface area contributed by atoms with Crippen molar-refractivity contribution in [2.45, 2.75) is 18.1 Å². The van der Waals surface area contributed by atoms with Gasteiger partial charge in [-0.3, -0.25) is 4.79 Å². The van der Waals surface area contributed by atoms with Crippen molar-refractivity contribution >= 4 is 38.9 Å². The van der Waals surface area contributed by atoms with Crippen LogP contribution in [0, 0.1) is 19.7 Å². The standard InChI is InChI=1S/C20H20ClFN4O3S2/c1-13-3-8-17(30-13)31(28,29)25-11-9-24(10-12-25)20(27)18-14(2)23-26(19(18)21)16-6-4-15(22)5-7-16/h3-8H,9-12H2,1-2H3. The zero-order valence-electron chi connectivity index (χ0n) is 16.9. The number of sulfonamides is 1. The van der Waals surface area contributed by atoms with Crippen LogP contribution >= 0.6 is 22.9 Å². The molecule has 4 rings (SSSR count). The van der Waals surface area contributed by atoms with E-state index in [4.69, 9.17) is 11.6 Å². The molecule has 0 spiro atoms. The van der Waals surface area contributed by atoms with Crippen LogP contribution in [0.1, 0.15) is 20.9 Å². The van der Waals surface area contributed by atoms with Crippen LogP contribution < -0.4 is 0 Å². The van der Waals surface area contributed by atoms with E-state index in [2.05, 4.69) is 5.10 Å². The highest BCUT2D eigenvalue weighted by Crippen LogP contribution is 2.28. The van der Waals surface area contributed by atoms with Crippen LogP contribution in [-0.2, 0) is 10.0 Å². The molecule has 0 radical (unpaired) electrons. The number of hydrogen-bond acceptors (Lipinski definition) is 5. The van der Waals surface area contributed by atoms with Gasteiger partial charge in [0.15, 0.2) is 0 Å². The van der Waals surface area contributed by atoms with E-state index >= 15 is 0 Å². The van der Waals surface area contributed by atoms with Crippen LogP contribution in [0.15, 0.2) is 40.6 Å². The van der Waals surface area contributed by atoms with Gasteiger partial charge in [-0.1, -0.05) is 11.6 Å². The van der Waals surface area contributed by atoms with Gasteiger partial charge >= 0.3 is 0 Å². The van der Waals surface area contributed by atoms with Crippen LogP contribution in [0.5, 0.6) is 0 Å². The van der Waals surface area contributed by atoms with E-state index in [1.54, 1.807) is 24.0 Å². The highest BCUT2D eigenvalue weighted by Gasteiger charge is 2.33. The Morgan fingerprint density at radius 2 is 1.71 bits per heavy atom. The van der Waals surface area contributed by atoms with Gasteiger partial charge in [-0.25, -0.2) is 17.5 Å². The molecule has 0 unspecified atom stereocenters. The Hall–Kier alpha value is -2.27. The summed E-state index contributed by atoms with van der Waals surface area (Å²) in [6.07, 6.45) is 0. The Morgan fingerprint density at radius 1 is 1.06 bits per heavy atom. The summed E-state index contributed by atoms with van der Waals surface area (Å²) in [7, 11) is -3.57. The lowest BCUT2D eigenvalue weighted by Crippen LogP contribution is -2.50. The molecule has 164 valence electrons. The first-order valence-electron chi connectivity index (χ1n) is 9.55. The summed E-state index contributed by atoms with van der Waals surface area (Å²) < 4.78 is 41.9. The van der Waals surface area contributed by atoms with Crippen LogP contribution in [-0.4, -0.2) is 59.5 Å². The van der Waals surface area contributed by atoms with Gasteiger partial charge in [0, 0.05) is 31.1 Å². The van der Waals surface area contributed by atoms with Crippen molar-refractivity contribution in [3.63, 3.8) is 0 Å². The average molecular weight is 483 g/mol. The van der Waals surface area contributed by atoms with Crippen molar-refractivity contribution in [1.82, 2.24) is 19.0 Å². The maximum Gasteiger partial charge on any atom is 0.259 e. The number of thiophene rings is 1. The summed E-state index contributed by atoms with van der Waals surface area (Å²) in [5.74, 6) is -0.689. The predicted molar refractivity (Wildman–Crippen MR) is 117 cm³/mol. The third-order valence-electron chi connectivity index (χ3n) is 5.12. The number of aryl methyl sites for hydroxylation is 2. The third kappa shape index (κ3) is 4.12. The first-order valence-corrected chi connectivity index (χ1v) is 12.2. The lowest BCUT2D eigenvalue weighted by atomic mass is 10.2. The molecule has 1 amide bonds. The summed E-state index contributed by atoms with van der Waals surface area (Å²) in [6.45, 7) is 4.44. The van der Waals surface area contributed by atoms with Gasteiger partial charge in [-0.05, 0) is 50.2 Å². The van der Waals surface area contributed by atoms with E-state index in [0.29, 0.717) is 15.6 Å². The molecule has 1 fully saturated rings. The molecule has 0 aliphatic carbocycles. The highest BCUT2D eigenvalue weighted by molar-refractivity contribution is 7.91. The molecule has 1 aliphatic heterocycles. The molecule has 1 aromatic carbocycles. The van der Waals surface area contributed by atoms with Crippen LogP contribution in [0.3, 0.4) is 0 Å².